The molecule has 2 saturated heterocycles. The summed E-state index contributed by atoms with van der Waals surface area (Å²) < 4.78 is 16.9. The highest BCUT2D eigenvalue weighted by atomic mass is 19.1. The van der Waals surface area contributed by atoms with Gasteiger partial charge in [0.1, 0.15) is 11.6 Å². The van der Waals surface area contributed by atoms with Crippen LogP contribution in [-0.2, 0) is 17.9 Å². The number of piperidine rings is 2. The predicted octanol–water partition coefficient (Wildman–Crippen LogP) is 4.41. The van der Waals surface area contributed by atoms with Crippen LogP contribution in [0.2, 0.25) is 0 Å². The van der Waals surface area contributed by atoms with Gasteiger partial charge in [0.25, 0.3) is 0 Å². The zero-order valence-electron chi connectivity index (χ0n) is 26.1. The maximum atomic E-state index is 14.6. The Morgan fingerprint density at radius 3 is 2.37 bits per heavy atom. The quantitative estimate of drug-likeness (QED) is 0.331. The third-order valence-corrected chi connectivity index (χ3v) is 9.66. The summed E-state index contributed by atoms with van der Waals surface area (Å²) in [5, 5.41) is 2.06. The van der Waals surface area contributed by atoms with Crippen molar-refractivity contribution < 1.29 is 9.18 Å². The largest absolute Gasteiger partial charge is 0.384 e. The summed E-state index contributed by atoms with van der Waals surface area (Å²) in [6, 6.07) is 15.9. The van der Waals surface area contributed by atoms with E-state index in [1.807, 2.05) is 67.0 Å². The van der Waals surface area contributed by atoms with Crippen molar-refractivity contribution in [2.75, 3.05) is 31.9 Å². The van der Waals surface area contributed by atoms with Crippen LogP contribution < -0.4 is 16.3 Å². The first-order valence-corrected chi connectivity index (χ1v) is 16.4. The Bertz CT molecular complexity index is 1840. The van der Waals surface area contributed by atoms with Crippen LogP contribution in [0.15, 0.2) is 79.0 Å². The molecule has 2 aliphatic heterocycles. The summed E-state index contributed by atoms with van der Waals surface area (Å²) in [4.78, 5) is 31.7. The standard InChI is InChI=1S/C37H40FN7O/c38-29-7-9-31-33(10-8-29)45(25-30-5-1-3-16-40-30)36(32-6-2-4-17-41-32)35(31)27-14-21-44(22-15-27)37(46)28-12-19-43(20-13-28)24-26-11-18-42-34(39)23-26/h1-7,9-11,16-18,23,27-28H,8,12-15,19-22,24-25H2,(H2,39,42). The first-order valence-electron chi connectivity index (χ1n) is 16.4. The van der Waals surface area contributed by atoms with Crippen molar-refractivity contribution in [3.63, 3.8) is 0 Å². The average Bonchev–Trinajstić information content (AvgIpc) is 3.26. The van der Waals surface area contributed by atoms with Crippen LogP contribution in [0.3, 0.4) is 0 Å². The van der Waals surface area contributed by atoms with Crippen LogP contribution >= 0.6 is 0 Å². The van der Waals surface area contributed by atoms with Gasteiger partial charge in [-0.05, 0) is 104 Å². The minimum atomic E-state index is -0.151. The van der Waals surface area contributed by atoms with Gasteiger partial charge in [0, 0.05) is 61.1 Å². The molecule has 0 radical (unpaired) electrons. The second kappa shape index (κ2) is 13.4. The lowest BCUT2D eigenvalue weighted by Gasteiger charge is -2.37. The zero-order valence-corrected chi connectivity index (χ0v) is 26.1. The van der Waals surface area contributed by atoms with E-state index in [0.717, 1.165) is 91.6 Å². The number of pyridine rings is 3. The van der Waals surface area contributed by atoms with Gasteiger partial charge in [-0.15, -0.1) is 0 Å². The summed E-state index contributed by atoms with van der Waals surface area (Å²) in [5.74, 6) is 0.952. The Morgan fingerprint density at radius 2 is 1.65 bits per heavy atom. The van der Waals surface area contributed by atoms with Crippen LogP contribution in [0.5, 0.6) is 0 Å². The number of likely N-dealkylation sites (tertiary alicyclic amines) is 2. The minimum absolute atomic E-state index is 0.0613. The molecule has 1 amide bonds. The first kappa shape index (κ1) is 30.0. The Kier molecular flexibility index (Phi) is 8.74. The number of hydrogen-bond donors (Lipinski definition) is 1. The van der Waals surface area contributed by atoms with E-state index in [1.165, 1.54) is 5.56 Å². The number of anilines is 1. The van der Waals surface area contributed by atoms with Crippen molar-refractivity contribution in [1.29, 1.82) is 0 Å². The summed E-state index contributed by atoms with van der Waals surface area (Å²) >= 11 is 0. The minimum Gasteiger partial charge on any atom is -0.384 e. The van der Waals surface area contributed by atoms with E-state index in [2.05, 4.69) is 30.4 Å². The van der Waals surface area contributed by atoms with E-state index < -0.39 is 0 Å². The number of nitrogen functional groups attached to an aromatic ring is 1. The second-order valence-corrected chi connectivity index (χ2v) is 12.6. The number of fused-ring (bicyclic) bond motifs is 1. The average molecular weight is 618 g/mol. The van der Waals surface area contributed by atoms with Gasteiger partial charge in [-0.1, -0.05) is 18.2 Å². The van der Waals surface area contributed by atoms with Crippen molar-refractivity contribution in [2.45, 2.75) is 51.1 Å². The fourth-order valence-corrected chi connectivity index (χ4v) is 7.35. The fraction of sp³-hybridized carbons (Fsp3) is 0.351. The normalized spacial score (nSPS) is 17.8. The third kappa shape index (κ3) is 6.37. The van der Waals surface area contributed by atoms with Crippen molar-refractivity contribution >= 4 is 23.9 Å². The highest BCUT2D eigenvalue weighted by molar-refractivity contribution is 5.79. The second-order valence-electron chi connectivity index (χ2n) is 12.6. The molecule has 8 nitrogen and oxygen atoms in total. The van der Waals surface area contributed by atoms with Gasteiger partial charge in [-0.25, -0.2) is 9.37 Å². The number of halogens is 1. The highest BCUT2D eigenvalue weighted by Gasteiger charge is 2.33. The first-order chi connectivity index (χ1) is 22.5. The predicted molar refractivity (Wildman–Crippen MR) is 178 cm³/mol. The SMILES string of the molecule is Nc1cc(CN2CCC(C(=O)N3CCC(c4c(-c5ccccn5)n(Cc5ccccn5)c5c4=CC=C(F)CC=5)CC3)CC2)ccn1. The lowest BCUT2D eigenvalue weighted by atomic mass is 9.86. The number of carbonyl (C=O) groups is 1. The number of aromatic nitrogens is 4. The summed E-state index contributed by atoms with van der Waals surface area (Å²) in [7, 11) is 0. The molecule has 9 heteroatoms. The number of rotatable bonds is 7. The van der Waals surface area contributed by atoms with Gasteiger partial charge in [-0.3, -0.25) is 19.7 Å². The Labute approximate surface area is 268 Å². The van der Waals surface area contributed by atoms with Gasteiger partial charge in [0.15, 0.2) is 0 Å². The Hall–Kier alpha value is -4.63. The molecule has 2 fully saturated rings. The number of nitrogens with zero attached hydrogens (tertiary/aromatic N) is 6. The molecule has 0 unspecified atom stereocenters. The van der Waals surface area contributed by atoms with Gasteiger partial charge in [0.05, 0.1) is 23.6 Å². The van der Waals surface area contributed by atoms with Gasteiger partial charge in [0.2, 0.25) is 5.91 Å². The molecule has 7 rings (SSSR count). The number of hydrogen-bond acceptors (Lipinski definition) is 6. The van der Waals surface area contributed by atoms with Crippen LogP contribution in [0, 0.1) is 5.92 Å². The summed E-state index contributed by atoms with van der Waals surface area (Å²) in [6.45, 7) is 4.62. The molecule has 0 saturated carbocycles. The molecule has 0 atom stereocenters. The van der Waals surface area contributed by atoms with E-state index in [1.54, 1.807) is 12.3 Å². The molecule has 6 heterocycles. The van der Waals surface area contributed by atoms with Gasteiger partial charge in [-0.2, -0.15) is 0 Å². The molecule has 0 bridgehead atoms. The molecule has 236 valence electrons. The lowest BCUT2D eigenvalue weighted by Crippen LogP contribution is -2.45. The molecule has 2 N–H and O–H groups in total. The maximum Gasteiger partial charge on any atom is 0.225 e. The van der Waals surface area contributed by atoms with E-state index in [-0.39, 0.29) is 30.0 Å². The van der Waals surface area contributed by atoms with Crippen molar-refractivity contribution in [2.24, 2.45) is 5.92 Å². The van der Waals surface area contributed by atoms with E-state index in [0.29, 0.717) is 12.4 Å². The van der Waals surface area contributed by atoms with Crippen molar-refractivity contribution in [3.8, 4) is 11.4 Å². The third-order valence-electron chi connectivity index (χ3n) is 9.66. The smallest absolute Gasteiger partial charge is 0.225 e. The topological polar surface area (TPSA) is 93.2 Å². The molecular formula is C37H40FN7O. The number of allylic oxidation sites excluding steroid dienone is 2. The molecule has 0 spiro atoms. The Balaban J connectivity index is 1.11. The van der Waals surface area contributed by atoms with E-state index in [9.17, 15) is 9.18 Å². The molecule has 3 aliphatic rings. The number of amides is 1. The van der Waals surface area contributed by atoms with Gasteiger partial charge < -0.3 is 15.2 Å². The van der Waals surface area contributed by atoms with Crippen LogP contribution in [-0.4, -0.2) is 61.4 Å². The summed E-state index contributed by atoms with van der Waals surface area (Å²) in [5.41, 5.74) is 11.1. The molecule has 1 aliphatic carbocycles. The maximum absolute atomic E-state index is 14.6. The molecular weight excluding hydrogens is 577 g/mol. The molecule has 4 aromatic rings. The van der Waals surface area contributed by atoms with Crippen LogP contribution in [0.4, 0.5) is 10.2 Å². The van der Waals surface area contributed by atoms with Crippen LogP contribution in [0.1, 0.15) is 54.8 Å². The summed E-state index contributed by atoms with van der Waals surface area (Å²) in [6.07, 6.45) is 14.6. The molecule has 0 aromatic carbocycles. The van der Waals surface area contributed by atoms with Crippen molar-refractivity contribution in [1.82, 2.24) is 29.3 Å². The zero-order chi connectivity index (χ0) is 31.5. The lowest BCUT2D eigenvalue weighted by molar-refractivity contribution is -0.138. The van der Waals surface area contributed by atoms with Crippen molar-refractivity contribution in [3.05, 3.63) is 106 Å². The number of nitrogens with two attached hydrogens (primary N) is 1. The fourth-order valence-electron chi connectivity index (χ4n) is 7.35. The van der Waals surface area contributed by atoms with E-state index >= 15 is 0 Å². The van der Waals surface area contributed by atoms with Gasteiger partial charge >= 0.3 is 0 Å². The van der Waals surface area contributed by atoms with E-state index in [4.69, 9.17) is 10.7 Å². The van der Waals surface area contributed by atoms with Crippen LogP contribution in [0.25, 0.3) is 23.5 Å². The Morgan fingerprint density at radius 1 is 0.870 bits per heavy atom. The highest BCUT2D eigenvalue weighted by Crippen LogP contribution is 2.34. The molecule has 46 heavy (non-hydrogen) atoms. The monoisotopic (exact) mass is 617 g/mol. The molecule has 4 aromatic heterocycles. The number of carbonyl (C=O) groups excluding carboxylic acids is 1.